The van der Waals surface area contributed by atoms with E-state index in [0.717, 1.165) is 43.4 Å². The first-order valence-corrected chi connectivity index (χ1v) is 11.7. The quantitative estimate of drug-likeness (QED) is 0.484. The number of aliphatic hydroxyl groups excluding tert-OH is 1. The number of phenols is 1. The molecule has 2 atom stereocenters. The third-order valence-electron chi connectivity index (χ3n) is 6.99. The molecule has 0 spiro atoms. The fraction of sp³-hybridized carbons (Fsp3) is 0.680. The Hall–Kier alpha value is -1.92. The molecule has 1 aliphatic carbocycles. The zero-order chi connectivity index (χ0) is 22.3. The average molecular weight is 434 g/mol. The van der Waals surface area contributed by atoms with Crippen molar-refractivity contribution in [3.05, 3.63) is 35.2 Å². The molecule has 3 N–H and O–H groups in total. The van der Waals surface area contributed by atoms with E-state index in [9.17, 15) is 10.2 Å². The minimum absolute atomic E-state index is 0.155. The van der Waals surface area contributed by atoms with E-state index in [1.54, 1.807) is 20.2 Å². The summed E-state index contributed by atoms with van der Waals surface area (Å²) < 4.78 is 18.3. The SMILES string of the molecule is CCCC1(CCc2c(C/C(=C\O)NC)ccc(OC)c2O)OCC2CCCCC2CO1. The molecule has 1 saturated heterocycles. The van der Waals surface area contributed by atoms with Crippen molar-refractivity contribution in [2.24, 2.45) is 11.8 Å². The normalized spacial score (nSPS) is 26.7. The summed E-state index contributed by atoms with van der Waals surface area (Å²) >= 11 is 0. The van der Waals surface area contributed by atoms with E-state index in [-0.39, 0.29) is 5.75 Å². The summed E-state index contributed by atoms with van der Waals surface area (Å²) in [6.07, 6.45) is 9.71. The minimum atomic E-state index is -0.614. The second-order valence-corrected chi connectivity index (χ2v) is 8.92. The third-order valence-corrected chi connectivity index (χ3v) is 6.99. The van der Waals surface area contributed by atoms with Crippen molar-refractivity contribution in [1.29, 1.82) is 0 Å². The summed E-state index contributed by atoms with van der Waals surface area (Å²) in [5, 5.41) is 23.4. The molecular weight excluding hydrogens is 394 g/mol. The maximum absolute atomic E-state index is 10.9. The van der Waals surface area contributed by atoms with Crippen LogP contribution in [0.5, 0.6) is 11.5 Å². The molecule has 0 radical (unpaired) electrons. The van der Waals surface area contributed by atoms with Crippen LogP contribution in [0.2, 0.25) is 0 Å². The van der Waals surface area contributed by atoms with Gasteiger partial charge in [-0.25, -0.2) is 0 Å². The van der Waals surface area contributed by atoms with E-state index < -0.39 is 5.79 Å². The summed E-state index contributed by atoms with van der Waals surface area (Å²) in [4.78, 5) is 0. The number of aliphatic hydroxyl groups is 1. The van der Waals surface area contributed by atoms with Crippen LogP contribution in [-0.2, 0) is 22.3 Å². The molecule has 1 aromatic carbocycles. The zero-order valence-electron chi connectivity index (χ0n) is 19.3. The van der Waals surface area contributed by atoms with Crippen molar-refractivity contribution < 1.29 is 24.4 Å². The summed E-state index contributed by atoms with van der Waals surface area (Å²) in [6.45, 7) is 3.68. The Kier molecular flexibility index (Phi) is 8.50. The lowest BCUT2D eigenvalue weighted by Gasteiger charge is -2.33. The highest BCUT2D eigenvalue weighted by Gasteiger charge is 2.39. The van der Waals surface area contributed by atoms with Crippen LogP contribution in [0.25, 0.3) is 0 Å². The highest BCUT2D eigenvalue weighted by atomic mass is 16.7. The van der Waals surface area contributed by atoms with Crippen LogP contribution in [-0.4, -0.2) is 43.4 Å². The molecular formula is C25H39NO5. The van der Waals surface area contributed by atoms with Gasteiger partial charge < -0.3 is 29.7 Å². The summed E-state index contributed by atoms with van der Waals surface area (Å²) in [5.41, 5.74) is 2.44. The van der Waals surface area contributed by atoms with Crippen molar-refractivity contribution in [2.75, 3.05) is 27.4 Å². The molecule has 1 saturated carbocycles. The topological polar surface area (TPSA) is 80.2 Å². The van der Waals surface area contributed by atoms with E-state index >= 15 is 0 Å². The number of allylic oxidation sites excluding steroid dienone is 1. The Bertz CT molecular complexity index is 732. The van der Waals surface area contributed by atoms with Gasteiger partial charge in [0.1, 0.15) is 0 Å². The highest BCUT2D eigenvalue weighted by Crippen LogP contribution is 2.40. The first-order chi connectivity index (χ1) is 15.1. The standard InChI is InChI=1S/C25H39NO5/c1-4-12-25(30-16-19-7-5-6-8-20(19)17-31-25)13-11-22-18(14-21(15-27)26-2)9-10-23(29-3)24(22)28/h9-10,15,19-20,26-28H,4-8,11-14,16-17H2,1-3H3/b21-15+. The van der Waals surface area contributed by atoms with E-state index in [1.807, 2.05) is 6.07 Å². The molecule has 6 nitrogen and oxygen atoms in total. The second-order valence-electron chi connectivity index (χ2n) is 8.92. The van der Waals surface area contributed by atoms with Crippen molar-refractivity contribution in [2.45, 2.75) is 70.5 Å². The number of hydrogen-bond donors (Lipinski definition) is 3. The van der Waals surface area contributed by atoms with Gasteiger partial charge in [0.15, 0.2) is 17.3 Å². The van der Waals surface area contributed by atoms with Crippen LogP contribution >= 0.6 is 0 Å². The molecule has 1 heterocycles. The van der Waals surface area contributed by atoms with Crippen LogP contribution in [0.4, 0.5) is 0 Å². The van der Waals surface area contributed by atoms with Gasteiger partial charge in [-0.1, -0.05) is 32.3 Å². The zero-order valence-corrected chi connectivity index (χ0v) is 19.3. The van der Waals surface area contributed by atoms with Gasteiger partial charge in [-0.05, 0) is 42.7 Å². The van der Waals surface area contributed by atoms with Gasteiger partial charge in [-0.3, -0.25) is 0 Å². The number of nitrogens with one attached hydrogen (secondary N) is 1. The monoisotopic (exact) mass is 433 g/mol. The number of aromatic hydroxyl groups is 1. The number of hydrogen-bond acceptors (Lipinski definition) is 6. The molecule has 2 unspecified atom stereocenters. The lowest BCUT2D eigenvalue weighted by Crippen LogP contribution is -2.36. The van der Waals surface area contributed by atoms with E-state index in [0.29, 0.717) is 42.5 Å². The predicted octanol–water partition coefficient (Wildman–Crippen LogP) is 4.84. The van der Waals surface area contributed by atoms with Crippen LogP contribution in [0, 0.1) is 11.8 Å². The van der Waals surface area contributed by atoms with Gasteiger partial charge in [0.25, 0.3) is 0 Å². The largest absolute Gasteiger partial charge is 0.514 e. The Balaban J connectivity index is 1.82. The van der Waals surface area contributed by atoms with Crippen LogP contribution < -0.4 is 10.1 Å². The van der Waals surface area contributed by atoms with E-state index in [2.05, 4.69) is 12.2 Å². The van der Waals surface area contributed by atoms with Gasteiger partial charge in [0.2, 0.25) is 0 Å². The van der Waals surface area contributed by atoms with Crippen molar-refractivity contribution in [3.8, 4) is 11.5 Å². The van der Waals surface area contributed by atoms with Gasteiger partial charge in [0, 0.05) is 37.6 Å². The Morgan fingerprint density at radius 3 is 2.42 bits per heavy atom. The van der Waals surface area contributed by atoms with Gasteiger partial charge in [-0.15, -0.1) is 0 Å². The predicted molar refractivity (Wildman–Crippen MR) is 121 cm³/mol. The molecule has 0 aromatic heterocycles. The first kappa shape index (κ1) is 23.7. The second kappa shape index (κ2) is 11.1. The van der Waals surface area contributed by atoms with E-state index in [4.69, 9.17) is 14.2 Å². The number of ether oxygens (including phenoxy) is 3. The fourth-order valence-electron chi connectivity index (χ4n) is 5.06. The first-order valence-electron chi connectivity index (χ1n) is 11.7. The Morgan fingerprint density at radius 1 is 1.19 bits per heavy atom. The summed E-state index contributed by atoms with van der Waals surface area (Å²) in [6, 6.07) is 3.72. The van der Waals surface area contributed by atoms with Gasteiger partial charge >= 0.3 is 0 Å². The molecule has 3 rings (SSSR count). The van der Waals surface area contributed by atoms with Gasteiger partial charge in [-0.2, -0.15) is 0 Å². The average Bonchev–Trinajstić information content (AvgIpc) is 2.97. The number of benzene rings is 1. The molecule has 6 heteroatoms. The smallest absolute Gasteiger partial charge is 0.168 e. The molecule has 2 aliphatic rings. The van der Waals surface area contributed by atoms with Crippen LogP contribution in [0.15, 0.2) is 24.1 Å². The maximum atomic E-state index is 10.9. The Labute approximate surface area is 186 Å². The molecule has 0 amide bonds. The number of rotatable bonds is 9. The summed E-state index contributed by atoms with van der Waals surface area (Å²) in [7, 11) is 3.33. The Morgan fingerprint density at radius 2 is 1.87 bits per heavy atom. The number of methoxy groups -OCH3 is 1. The van der Waals surface area contributed by atoms with Crippen LogP contribution in [0.3, 0.4) is 0 Å². The van der Waals surface area contributed by atoms with E-state index in [1.165, 1.54) is 25.7 Å². The number of phenolic OH excluding ortho intramolecular Hbond substituents is 1. The van der Waals surface area contributed by atoms with Crippen molar-refractivity contribution in [3.63, 3.8) is 0 Å². The van der Waals surface area contributed by atoms with Crippen molar-refractivity contribution >= 4 is 0 Å². The van der Waals surface area contributed by atoms with Gasteiger partial charge in [0.05, 0.1) is 26.6 Å². The number of fused-ring (bicyclic) bond motifs is 1. The molecule has 1 aromatic rings. The lowest BCUT2D eigenvalue weighted by molar-refractivity contribution is -0.236. The fourth-order valence-corrected chi connectivity index (χ4v) is 5.06. The van der Waals surface area contributed by atoms with Crippen molar-refractivity contribution in [1.82, 2.24) is 5.32 Å². The number of likely N-dealkylation sites (N-methyl/N-ethyl adjacent to an activating group) is 1. The molecule has 174 valence electrons. The van der Waals surface area contributed by atoms with Crippen LogP contribution in [0.1, 0.15) is 63.0 Å². The molecule has 31 heavy (non-hydrogen) atoms. The molecule has 0 bridgehead atoms. The third kappa shape index (κ3) is 5.66. The maximum Gasteiger partial charge on any atom is 0.168 e. The minimum Gasteiger partial charge on any atom is -0.514 e. The molecule has 2 fully saturated rings. The molecule has 1 aliphatic heterocycles. The highest BCUT2D eigenvalue weighted by molar-refractivity contribution is 5.50. The lowest BCUT2D eigenvalue weighted by atomic mass is 9.80. The summed E-state index contributed by atoms with van der Waals surface area (Å²) in [5.74, 6) is 1.19.